The Kier molecular flexibility index (Phi) is 5.55. The molecule has 1 fully saturated rings. The molecule has 4 nitrogen and oxygen atoms in total. The fourth-order valence-electron chi connectivity index (χ4n) is 4.87. The average Bonchev–Trinajstić information content (AvgIpc) is 3.17. The highest BCUT2D eigenvalue weighted by Crippen LogP contribution is 2.41. The summed E-state index contributed by atoms with van der Waals surface area (Å²) in [7, 11) is 1.70. The molecule has 3 aromatic carbocycles. The van der Waals surface area contributed by atoms with Gasteiger partial charge in [-0.15, -0.1) is 0 Å². The molecular formula is C27H28N3O+. The lowest BCUT2D eigenvalue weighted by molar-refractivity contribution is -0.929. The Morgan fingerprint density at radius 1 is 0.871 bits per heavy atom. The Hall–Kier alpha value is -3.37. The summed E-state index contributed by atoms with van der Waals surface area (Å²) in [6, 6.07) is 26.2. The molecule has 0 unspecified atom stereocenters. The van der Waals surface area contributed by atoms with Crippen molar-refractivity contribution >= 4 is 12.3 Å². The van der Waals surface area contributed by atoms with E-state index in [1.807, 2.05) is 42.6 Å². The summed E-state index contributed by atoms with van der Waals surface area (Å²) in [6.45, 7) is 4.10. The SMILES string of the molecule is COc1ccccc1/C=C\C=N/N1CC[NH+](C2c3ccccc3-c3ccccc32)CC1. The van der Waals surface area contributed by atoms with Crippen molar-refractivity contribution in [1.82, 2.24) is 5.01 Å². The minimum absolute atomic E-state index is 0.434. The van der Waals surface area contributed by atoms with Crippen LogP contribution < -0.4 is 9.64 Å². The lowest BCUT2D eigenvalue weighted by Crippen LogP contribution is -3.14. The number of benzene rings is 3. The number of piperazine rings is 1. The van der Waals surface area contributed by atoms with Gasteiger partial charge in [-0.3, -0.25) is 5.01 Å². The fraction of sp³-hybridized carbons (Fsp3) is 0.222. The maximum atomic E-state index is 5.39. The number of para-hydroxylation sites is 1. The van der Waals surface area contributed by atoms with E-state index in [1.54, 1.807) is 12.0 Å². The van der Waals surface area contributed by atoms with E-state index in [9.17, 15) is 0 Å². The lowest BCUT2D eigenvalue weighted by Gasteiger charge is -2.34. The summed E-state index contributed by atoms with van der Waals surface area (Å²) >= 11 is 0. The summed E-state index contributed by atoms with van der Waals surface area (Å²) in [4.78, 5) is 1.63. The Bertz CT molecular complexity index is 1070. The maximum Gasteiger partial charge on any atom is 0.140 e. The van der Waals surface area contributed by atoms with Crippen molar-refractivity contribution in [3.63, 3.8) is 0 Å². The van der Waals surface area contributed by atoms with E-state index < -0.39 is 0 Å². The predicted molar refractivity (Wildman–Crippen MR) is 127 cm³/mol. The van der Waals surface area contributed by atoms with Gasteiger partial charge in [-0.25, -0.2) is 0 Å². The molecule has 1 saturated heterocycles. The molecule has 0 spiro atoms. The zero-order chi connectivity index (χ0) is 21.0. The number of hydrazone groups is 1. The summed E-state index contributed by atoms with van der Waals surface area (Å²) in [5, 5.41) is 6.85. The van der Waals surface area contributed by atoms with Crippen LogP contribution in [0, 0.1) is 0 Å². The number of ether oxygens (including phenoxy) is 1. The highest BCUT2D eigenvalue weighted by molar-refractivity contribution is 5.79. The number of nitrogens with one attached hydrogen (secondary N) is 1. The molecule has 156 valence electrons. The van der Waals surface area contributed by atoms with Gasteiger partial charge in [0.15, 0.2) is 0 Å². The first kappa shape index (κ1) is 19.6. The van der Waals surface area contributed by atoms with Crippen LogP contribution in [0.2, 0.25) is 0 Å². The van der Waals surface area contributed by atoms with Crippen molar-refractivity contribution in [2.45, 2.75) is 6.04 Å². The fourth-order valence-corrected chi connectivity index (χ4v) is 4.87. The lowest BCUT2D eigenvalue weighted by atomic mass is 10.0. The third kappa shape index (κ3) is 3.87. The summed E-state index contributed by atoms with van der Waals surface area (Å²) in [5.41, 5.74) is 6.80. The maximum absolute atomic E-state index is 5.39. The Morgan fingerprint density at radius 3 is 2.16 bits per heavy atom. The second-order valence-corrected chi connectivity index (χ2v) is 8.09. The van der Waals surface area contributed by atoms with Gasteiger partial charge in [-0.1, -0.05) is 66.7 Å². The Morgan fingerprint density at radius 2 is 1.48 bits per heavy atom. The number of allylic oxidation sites excluding steroid dienone is 1. The summed E-state index contributed by atoms with van der Waals surface area (Å²) in [6.07, 6.45) is 5.91. The van der Waals surface area contributed by atoms with E-state index in [-0.39, 0.29) is 0 Å². The molecule has 5 rings (SSSR count). The first-order valence-corrected chi connectivity index (χ1v) is 11.0. The smallest absolute Gasteiger partial charge is 0.140 e. The van der Waals surface area contributed by atoms with E-state index in [4.69, 9.17) is 4.74 Å². The van der Waals surface area contributed by atoms with Gasteiger partial charge in [0.2, 0.25) is 0 Å². The van der Waals surface area contributed by atoms with Gasteiger partial charge in [0.1, 0.15) is 11.8 Å². The van der Waals surface area contributed by atoms with Crippen LogP contribution in [-0.4, -0.2) is 44.5 Å². The molecule has 31 heavy (non-hydrogen) atoms. The van der Waals surface area contributed by atoms with Gasteiger partial charge < -0.3 is 9.64 Å². The van der Waals surface area contributed by atoms with Crippen LogP contribution in [0.15, 0.2) is 84.0 Å². The molecule has 0 amide bonds. The standard InChI is InChI=1S/C27H27N3O/c1-31-26-15-7-2-9-21(26)10-8-16-28-30-19-17-29(18-20-30)27-24-13-5-3-11-22(24)23-12-4-6-14-25(23)27/h2-16,27H,17-20H2,1H3/p+1/b10-8-,28-16-. The molecule has 2 aliphatic rings. The topological polar surface area (TPSA) is 29.3 Å². The van der Waals surface area contributed by atoms with Crippen molar-refractivity contribution in [1.29, 1.82) is 0 Å². The van der Waals surface area contributed by atoms with Gasteiger partial charge in [0.05, 0.1) is 33.3 Å². The van der Waals surface area contributed by atoms with Gasteiger partial charge in [0, 0.05) is 22.9 Å². The number of quaternary nitrogens is 1. The average molecular weight is 411 g/mol. The van der Waals surface area contributed by atoms with Gasteiger partial charge in [-0.2, -0.15) is 5.10 Å². The quantitative estimate of drug-likeness (QED) is 0.651. The van der Waals surface area contributed by atoms with Crippen molar-refractivity contribution in [2.24, 2.45) is 5.10 Å². The number of hydrogen-bond acceptors (Lipinski definition) is 3. The Labute approximate surface area is 184 Å². The Balaban J connectivity index is 1.24. The first-order valence-electron chi connectivity index (χ1n) is 11.0. The van der Waals surface area contributed by atoms with Crippen LogP contribution in [0.25, 0.3) is 17.2 Å². The first-order chi connectivity index (χ1) is 15.3. The van der Waals surface area contributed by atoms with Crippen molar-refractivity contribution in [2.75, 3.05) is 33.3 Å². The zero-order valence-corrected chi connectivity index (χ0v) is 17.9. The van der Waals surface area contributed by atoms with Crippen LogP contribution in [-0.2, 0) is 0 Å². The molecule has 1 heterocycles. The molecule has 4 heteroatoms. The van der Waals surface area contributed by atoms with Crippen molar-refractivity contribution < 1.29 is 9.64 Å². The van der Waals surface area contributed by atoms with Gasteiger partial charge in [0.25, 0.3) is 0 Å². The van der Waals surface area contributed by atoms with Crippen LogP contribution in [0.1, 0.15) is 22.7 Å². The van der Waals surface area contributed by atoms with E-state index in [1.165, 1.54) is 22.3 Å². The second-order valence-electron chi connectivity index (χ2n) is 8.09. The third-order valence-corrected chi connectivity index (χ3v) is 6.35. The molecule has 0 bridgehead atoms. The minimum Gasteiger partial charge on any atom is -0.496 e. The second kappa shape index (κ2) is 8.78. The minimum atomic E-state index is 0.434. The van der Waals surface area contributed by atoms with Crippen LogP contribution in [0.5, 0.6) is 5.75 Å². The number of methoxy groups -OCH3 is 1. The number of nitrogens with zero attached hydrogens (tertiary/aromatic N) is 2. The molecule has 0 saturated carbocycles. The van der Waals surface area contributed by atoms with Gasteiger partial charge >= 0.3 is 0 Å². The van der Waals surface area contributed by atoms with E-state index in [2.05, 4.69) is 58.6 Å². The number of fused-ring (bicyclic) bond motifs is 3. The zero-order valence-electron chi connectivity index (χ0n) is 17.9. The normalized spacial score (nSPS) is 16.7. The van der Waals surface area contributed by atoms with E-state index in [0.717, 1.165) is 37.5 Å². The van der Waals surface area contributed by atoms with Gasteiger partial charge in [-0.05, 0) is 29.3 Å². The number of rotatable bonds is 5. The molecule has 1 aliphatic carbocycles. The predicted octanol–water partition coefficient (Wildman–Crippen LogP) is 3.66. The van der Waals surface area contributed by atoms with Crippen molar-refractivity contribution in [3.05, 3.63) is 95.6 Å². The molecule has 0 radical (unpaired) electrons. The van der Waals surface area contributed by atoms with Crippen LogP contribution >= 0.6 is 0 Å². The molecular weight excluding hydrogens is 382 g/mol. The highest BCUT2D eigenvalue weighted by atomic mass is 16.5. The largest absolute Gasteiger partial charge is 0.496 e. The monoisotopic (exact) mass is 410 g/mol. The summed E-state index contributed by atoms with van der Waals surface area (Å²) in [5.74, 6) is 0.876. The van der Waals surface area contributed by atoms with E-state index >= 15 is 0 Å². The highest BCUT2D eigenvalue weighted by Gasteiger charge is 2.37. The van der Waals surface area contributed by atoms with Crippen molar-refractivity contribution in [3.8, 4) is 16.9 Å². The summed E-state index contributed by atoms with van der Waals surface area (Å²) < 4.78 is 5.39. The molecule has 1 aliphatic heterocycles. The molecule has 3 aromatic rings. The number of hydrogen-bond donors (Lipinski definition) is 1. The third-order valence-electron chi connectivity index (χ3n) is 6.35. The van der Waals surface area contributed by atoms with E-state index in [0.29, 0.717) is 6.04 Å². The molecule has 0 atom stereocenters. The molecule has 0 aromatic heterocycles. The van der Waals surface area contributed by atoms with Crippen LogP contribution in [0.4, 0.5) is 0 Å². The molecule has 1 N–H and O–H groups in total. The van der Waals surface area contributed by atoms with Crippen LogP contribution in [0.3, 0.4) is 0 Å².